The van der Waals surface area contributed by atoms with Crippen LogP contribution >= 0.6 is 0 Å². The predicted molar refractivity (Wildman–Crippen MR) is 83.5 cm³/mol. The van der Waals surface area contributed by atoms with Crippen molar-refractivity contribution in [3.63, 3.8) is 0 Å². The van der Waals surface area contributed by atoms with Crippen LogP contribution in [0.4, 0.5) is 0 Å². The van der Waals surface area contributed by atoms with Crippen molar-refractivity contribution in [3.8, 4) is 0 Å². The minimum Gasteiger partial charge on any atom is -0.384 e. The van der Waals surface area contributed by atoms with E-state index < -0.39 is 0 Å². The summed E-state index contributed by atoms with van der Waals surface area (Å²) in [5.74, 6) is 2.26. The van der Waals surface area contributed by atoms with Crippen LogP contribution in [0, 0.1) is 0 Å². The third-order valence-electron chi connectivity index (χ3n) is 4.07. The molecule has 2 aromatic heterocycles. The molecule has 1 N–H and O–H groups in total. The highest BCUT2D eigenvalue weighted by molar-refractivity contribution is 5.05. The molecule has 3 heterocycles. The van der Waals surface area contributed by atoms with Crippen LogP contribution in [0.15, 0.2) is 24.4 Å². The lowest BCUT2D eigenvalue weighted by Gasteiger charge is -2.31. The quantitative estimate of drug-likeness (QED) is 0.881. The molecule has 2 aromatic rings. The van der Waals surface area contributed by atoms with Crippen LogP contribution in [0.3, 0.4) is 0 Å². The van der Waals surface area contributed by atoms with Gasteiger partial charge in [0.05, 0.1) is 12.3 Å². The summed E-state index contributed by atoms with van der Waals surface area (Å²) in [5.41, 5.74) is 1.12. The lowest BCUT2D eigenvalue weighted by Crippen LogP contribution is -2.34. The maximum absolute atomic E-state index is 5.08. The van der Waals surface area contributed by atoms with Crippen LogP contribution in [0.25, 0.3) is 0 Å². The largest absolute Gasteiger partial charge is 0.384 e. The zero-order valence-electron chi connectivity index (χ0n) is 13.0. The Bertz CT molecular complexity index is 571. The molecule has 118 valence electrons. The molecule has 0 aliphatic carbocycles. The van der Waals surface area contributed by atoms with Crippen LogP contribution in [0.2, 0.25) is 0 Å². The van der Waals surface area contributed by atoms with Gasteiger partial charge in [-0.2, -0.15) is 5.10 Å². The molecule has 1 fully saturated rings. The van der Waals surface area contributed by atoms with E-state index in [1.54, 1.807) is 7.11 Å². The highest BCUT2D eigenvalue weighted by atomic mass is 16.5. The molecule has 1 aliphatic rings. The van der Waals surface area contributed by atoms with Crippen LogP contribution in [0.5, 0.6) is 0 Å². The Morgan fingerprint density at radius 2 is 2.36 bits per heavy atom. The van der Waals surface area contributed by atoms with Crippen molar-refractivity contribution in [3.05, 3.63) is 41.7 Å². The van der Waals surface area contributed by atoms with Gasteiger partial charge in [-0.1, -0.05) is 6.07 Å². The molecule has 1 atom stereocenters. The number of likely N-dealkylation sites (tertiary alicyclic amines) is 1. The Kier molecular flexibility index (Phi) is 5.13. The van der Waals surface area contributed by atoms with Gasteiger partial charge in [0.1, 0.15) is 5.82 Å². The minimum absolute atomic E-state index is 0.407. The van der Waals surface area contributed by atoms with E-state index in [9.17, 15) is 0 Å². The first kappa shape index (κ1) is 15.1. The number of H-pyrrole nitrogens is 1. The number of ether oxygens (including phenoxy) is 1. The molecule has 0 aromatic carbocycles. The molecular formula is C16H23N5O. The monoisotopic (exact) mass is 301 g/mol. The third kappa shape index (κ3) is 3.90. The van der Waals surface area contributed by atoms with Gasteiger partial charge in [-0.05, 0) is 31.5 Å². The van der Waals surface area contributed by atoms with Gasteiger partial charge < -0.3 is 4.74 Å². The molecule has 1 unspecified atom stereocenters. The number of pyridine rings is 1. The third-order valence-corrected chi connectivity index (χ3v) is 4.07. The van der Waals surface area contributed by atoms with Gasteiger partial charge in [0.25, 0.3) is 0 Å². The number of nitrogens with one attached hydrogen (secondary N) is 1. The molecule has 3 rings (SSSR count). The van der Waals surface area contributed by atoms with Gasteiger partial charge >= 0.3 is 0 Å². The summed E-state index contributed by atoms with van der Waals surface area (Å²) in [7, 11) is 1.70. The normalized spacial score (nSPS) is 19.4. The van der Waals surface area contributed by atoms with Crippen LogP contribution in [-0.4, -0.2) is 51.9 Å². The molecule has 6 nitrogen and oxygen atoms in total. The molecular weight excluding hydrogens is 278 g/mol. The van der Waals surface area contributed by atoms with Gasteiger partial charge in [-0.3, -0.25) is 15.0 Å². The number of aromatic nitrogens is 4. The molecule has 0 saturated carbocycles. The summed E-state index contributed by atoms with van der Waals surface area (Å²) in [6.45, 7) is 3.69. The lowest BCUT2D eigenvalue weighted by atomic mass is 9.97. The predicted octanol–water partition coefficient (Wildman–Crippen LogP) is 1.77. The number of hydrogen-bond donors (Lipinski definition) is 1. The summed E-state index contributed by atoms with van der Waals surface area (Å²) >= 11 is 0. The fraction of sp³-hybridized carbons (Fsp3) is 0.562. The molecule has 1 saturated heterocycles. The van der Waals surface area contributed by atoms with E-state index >= 15 is 0 Å². The van der Waals surface area contributed by atoms with Crippen LogP contribution < -0.4 is 0 Å². The topological polar surface area (TPSA) is 66.9 Å². The first-order chi connectivity index (χ1) is 10.8. The van der Waals surface area contributed by atoms with E-state index in [1.807, 2.05) is 18.3 Å². The lowest BCUT2D eigenvalue weighted by molar-refractivity contribution is 0.194. The highest BCUT2D eigenvalue weighted by Gasteiger charge is 2.24. The molecule has 0 bridgehead atoms. The molecule has 0 amide bonds. The van der Waals surface area contributed by atoms with Gasteiger partial charge in [0.15, 0.2) is 5.82 Å². The summed E-state index contributed by atoms with van der Waals surface area (Å²) < 4.78 is 5.08. The van der Waals surface area contributed by atoms with E-state index in [-0.39, 0.29) is 0 Å². The Morgan fingerprint density at radius 3 is 3.18 bits per heavy atom. The van der Waals surface area contributed by atoms with Crippen molar-refractivity contribution in [1.82, 2.24) is 25.1 Å². The van der Waals surface area contributed by atoms with Crippen molar-refractivity contribution in [2.24, 2.45) is 0 Å². The van der Waals surface area contributed by atoms with E-state index in [0.29, 0.717) is 12.5 Å². The standard InChI is InChI=1S/C16H23N5O/c1-22-10-7-15-18-16(20-19-15)13-5-4-9-21(11-13)12-14-6-2-3-8-17-14/h2-3,6,8,13H,4-5,7,9-12H2,1H3,(H,18,19,20). The number of nitrogens with zero attached hydrogens (tertiary/aromatic N) is 4. The van der Waals surface area contributed by atoms with Crippen molar-refractivity contribution >= 4 is 0 Å². The maximum Gasteiger partial charge on any atom is 0.155 e. The molecule has 0 radical (unpaired) electrons. The fourth-order valence-electron chi connectivity index (χ4n) is 2.93. The zero-order valence-corrected chi connectivity index (χ0v) is 13.0. The smallest absolute Gasteiger partial charge is 0.155 e. The van der Waals surface area contributed by atoms with Crippen molar-refractivity contribution in [2.75, 3.05) is 26.8 Å². The van der Waals surface area contributed by atoms with Gasteiger partial charge in [-0.25, -0.2) is 4.98 Å². The molecule has 1 aliphatic heterocycles. The average molecular weight is 301 g/mol. The van der Waals surface area contributed by atoms with E-state index in [0.717, 1.165) is 49.8 Å². The Balaban J connectivity index is 1.59. The maximum atomic E-state index is 5.08. The molecule has 22 heavy (non-hydrogen) atoms. The van der Waals surface area contributed by atoms with Crippen LogP contribution in [0.1, 0.15) is 36.1 Å². The first-order valence-corrected chi connectivity index (χ1v) is 7.87. The van der Waals surface area contributed by atoms with Gasteiger partial charge in [0, 0.05) is 38.7 Å². The summed E-state index contributed by atoms with van der Waals surface area (Å²) in [5, 5.41) is 7.43. The summed E-state index contributed by atoms with van der Waals surface area (Å²) in [4.78, 5) is 11.5. The molecule has 6 heteroatoms. The summed E-state index contributed by atoms with van der Waals surface area (Å²) in [6.07, 6.45) is 4.97. The van der Waals surface area contributed by atoms with Gasteiger partial charge in [0.2, 0.25) is 0 Å². The number of hydrogen-bond acceptors (Lipinski definition) is 5. The van der Waals surface area contributed by atoms with Crippen LogP contribution in [-0.2, 0) is 17.7 Å². The molecule has 0 spiro atoms. The van der Waals surface area contributed by atoms with Gasteiger partial charge in [-0.15, -0.1) is 0 Å². The number of piperidine rings is 1. The van der Waals surface area contributed by atoms with E-state index in [1.165, 1.54) is 6.42 Å². The Hall–Kier alpha value is -1.79. The Morgan fingerprint density at radius 1 is 1.41 bits per heavy atom. The highest BCUT2D eigenvalue weighted by Crippen LogP contribution is 2.25. The second-order valence-corrected chi connectivity index (χ2v) is 5.78. The summed E-state index contributed by atoms with van der Waals surface area (Å²) in [6, 6.07) is 6.08. The second kappa shape index (κ2) is 7.47. The van der Waals surface area contributed by atoms with Crippen molar-refractivity contribution < 1.29 is 4.74 Å². The zero-order chi connectivity index (χ0) is 15.2. The average Bonchev–Trinajstić information content (AvgIpc) is 3.03. The fourth-order valence-corrected chi connectivity index (χ4v) is 2.93. The number of aromatic amines is 1. The number of rotatable bonds is 6. The Labute approximate surface area is 130 Å². The van der Waals surface area contributed by atoms with Crippen molar-refractivity contribution in [2.45, 2.75) is 31.7 Å². The second-order valence-electron chi connectivity index (χ2n) is 5.78. The minimum atomic E-state index is 0.407. The van der Waals surface area contributed by atoms with E-state index in [2.05, 4.69) is 31.1 Å². The number of methoxy groups -OCH3 is 1. The first-order valence-electron chi connectivity index (χ1n) is 7.87. The van der Waals surface area contributed by atoms with E-state index in [4.69, 9.17) is 4.74 Å². The SMILES string of the molecule is COCCc1nc(C2CCCN(Cc3ccccn3)C2)n[nH]1. The van der Waals surface area contributed by atoms with Crippen molar-refractivity contribution in [1.29, 1.82) is 0 Å².